The molecule has 1 unspecified atom stereocenters. The minimum Gasteiger partial charge on any atom is -0.390 e. The summed E-state index contributed by atoms with van der Waals surface area (Å²) in [6.45, 7) is 3.55. The Balaban J connectivity index is 2.65. The molecule has 1 rings (SSSR count). The highest BCUT2D eigenvalue weighted by Gasteiger charge is 2.26. The molecular formula is C9H14O2. The highest BCUT2D eigenvalue weighted by Crippen LogP contribution is 2.25. The molecule has 0 aromatic heterocycles. The Bertz CT molecular complexity index is 186. The van der Waals surface area contributed by atoms with E-state index in [4.69, 9.17) is 0 Å². The van der Waals surface area contributed by atoms with E-state index in [1.807, 2.05) is 6.08 Å². The zero-order chi connectivity index (χ0) is 8.48. The molecule has 0 saturated heterocycles. The molecule has 1 atom stereocenters. The van der Waals surface area contributed by atoms with Crippen LogP contribution in [0.5, 0.6) is 0 Å². The lowest BCUT2D eigenvalue weighted by Crippen LogP contribution is -2.31. The maximum Gasteiger partial charge on any atom is 0.155 e. The minimum absolute atomic E-state index is 0.139. The van der Waals surface area contributed by atoms with Gasteiger partial charge in [0.05, 0.1) is 5.60 Å². The van der Waals surface area contributed by atoms with Gasteiger partial charge < -0.3 is 5.11 Å². The summed E-state index contributed by atoms with van der Waals surface area (Å²) in [4.78, 5) is 10.8. The minimum atomic E-state index is -0.683. The molecule has 0 aliphatic heterocycles. The van der Waals surface area contributed by atoms with Gasteiger partial charge in [0.1, 0.15) is 0 Å². The van der Waals surface area contributed by atoms with E-state index in [0.29, 0.717) is 6.42 Å². The molecule has 1 N–H and O–H groups in total. The first-order valence-corrected chi connectivity index (χ1v) is 3.93. The molecule has 0 bridgehead atoms. The van der Waals surface area contributed by atoms with Crippen LogP contribution < -0.4 is 0 Å². The van der Waals surface area contributed by atoms with Crippen LogP contribution in [0.1, 0.15) is 26.7 Å². The van der Waals surface area contributed by atoms with Gasteiger partial charge in [0.2, 0.25) is 0 Å². The Morgan fingerprint density at radius 2 is 2.27 bits per heavy atom. The topological polar surface area (TPSA) is 37.3 Å². The van der Waals surface area contributed by atoms with Crippen molar-refractivity contribution in [2.24, 2.45) is 5.92 Å². The van der Waals surface area contributed by atoms with E-state index < -0.39 is 5.60 Å². The Hall–Kier alpha value is -0.630. The van der Waals surface area contributed by atoms with Gasteiger partial charge >= 0.3 is 0 Å². The van der Waals surface area contributed by atoms with E-state index in [2.05, 4.69) is 0 Å². The van der Waals surface area contributed by atoms with Gasteiger partial charge in [-0.25, -0.2) is 0 Å². The third-order valence-corrected chi connectivity index (χ3v) is 2.12. The number of carbonyl (C=O) groups is 1. The van der Waals surface area contributed by atoms with Crippen molar-refractivity contribution in [3.63, 3.8) is 0 Å². The third kappa shape index (κ3) is 2.15. The molecule has 0 heterocycles. The van der Waals surface area contributed by atoms with Crippen LogP contribution in [0, 0.1) is 5.92 Å². The fraction of sp³-hybridized carbons (Fsp3) is 0.667. The summed E-state index contributed by atoms with van der Waals surface area (Å²) < 4.78 is 0. The van der Waals surface area contributed by atoms with Gasteiger partial charge in [0, 0.05) is 12.3 Å². The van der Waals surface area contributed by atoms with Gasteiger partial charge in [-0.1, -0.05) is 6.08 Å². The maximum atomic E-state index is 10.8. The van der Waals surface area contributed by atoms with Gasteiger partial charge in [0.15, 0.2) is 5.78 Å². The van der Waals surface area contributed by atoms with Crippen molar-refractivity contribution >= 4 is 5.78 Å². The Morgan fingerprint density at radius 3 is 2.64 bits per heavy atom. The molecule has 1 aliphatic carbocycles. The lowest BCUT2D eigenvalue weighted by atomic mass is 9.83. The summed E-state index contributed by atoms with van der Waals surface area (Å²) in [5, 5.41) is 9.57. The highest BCUT2D eigenvalue weighted by atomic mass is 16.3. The standard InChI is InChI=1S/C9H14O2/c1-9(2,11)7-3-5-8(10)6-4-7/h3,5,7,11H,4,6H2,1-2H3. The predicted octanol–water partition coefficient (Wildman–Crippen LogP) is 1.29. The number of ketones is 1. The van der Waals surface area contributed by atoms with Crippen LogP contribution in [0.4, 0.5) is 0 Å². The first kappa shape index (κ1) is 8.47. The first-order valence-electron chi connectivity index (χ1n) is 3.93. The summed E-state index contributed by atoms with van der Waals surface area (Å²) in [6, 6.07) is 0. The average Bonchev–Trinajstić information content (AvgIpc) is 1.86. The quantitative estimate of drug-likeness (QED) is 0.618. The van der Waals surface area contributed by atoms with Crippen molar-refractivity contribution in [3.8, 4) is 0 Å². The summed E-state index contributed by atoms with van der Waals surface area (Å²) in [6.07, 6.45) is 4.74. The zero-order valence-corrected chi connectivity index (χ0v) is 7.00. The Labute approximate surface area is 66.9 Å². The Morgan fingerprint density at radius 1 is 1.64 bits per heavy atom. The van der Waals surface area contributed by atoms with Gasteiger partial charge in [-0.15, -0.1) is 0 Å². The maximum absolute atomic E-state index is 10.8. The molecule has 0 fully saturated rings. The summed E-state index contributed by atoms with van der Waals surface area (Å²) in [7, 11) is 0. The number of allylic oxidation sites excluding steroid dienone is 1. The SMILES string of the molecule is CC(C)(O)C1C=CC(=O)CC1. The van der Waals surface area contributed by atoms with Crippen LogP contribution in [-0.2, 0) is 4.79 Å². The van der Waals surface area contributed by atoms with Crippen LogP contribution in [-0.4, -0.2) is 16.5 Å². The molecule has 2 heteroatoms. The van der Waals surface area contributed by atoms with E-state index in [0.717, 1.165) is 6.42 Å². The third-order valence-electron chi connectivity index (χ3n) is 2.12. The van der Waals surface area contributed by atoms with Crippen molar-refractivity contribution in [2.75, 3.05) is 0 Å². The summed E-state index contributed by atoms with van der Waals surface area (Å²) in [5.74, 6) is 0.311. The van der Waals surface area contributed by atoms with E-state index in [-0.39, 0.29) is 11.7 Å². The molecule has 0 saturated carbocycles. The molecule has 2 nitrogen and oxygen atoms in total. The average molecular weight is 154 g/mol. The monoisotopic (exact) mass is 154 g/mol. The van der Waals surface area contributed by atoms with Crippen LogP contribution in [0.15, 0.2) is 12.2 Å². The van der Waals surface area contributed by atoms with Crippen LogP contribution in [0.3, 0.4) is 0 Å². The second kappa shape index (κ2) is 2.78. The number of hydrogen-bond acceptors (Lipinski definition) is 2. The van der Waals surface area contributed by atoms with Crippen molar-refractivity contribution < 1.29 is 9.90 Å². The molecule has 0 aromatic carbocycles. The number of rotatable bonds is 1. The number of carbonyl (C=O) groups excluding carboxylic acids is 1. The van der Waals surface area contributed by atoms with Gasteiger partial charge in [-0.05, 0) is 26.3 Å². The lowest BCUT2D eigenvalue weighted by Gasteiger charge is -2.28. The van der Waals surface area contributed by atoms with Crippen molar-refractivity contribution in [2.45, 2.75) is 32.3 Å². The molecule has 0 aromatic rings. The van der Waals surface area contributed by atoms with E-state index in [1.54, 1.807) is 19.9 Å². The lowest BCUT2D eigenvalue weighted by molar-refractivity contribution is -0.115. The van der Waals surface area contributed by atoms with Crippen molar-refractivity contribution in [3.05, 3.63) is 12.2 Å². The number of hydrogen-bond donors (Lipinski definition) is 1. The van der Waals surface area contributed by atoms with E-state index in [9.17, 15) is 9.90 Å². The fourth-order valence-corrected chi connectivity index (χ4v) is 1.29. The molecule has 0 radical (unpaired) electrons. The van der Waals surface area contributed by atoms with Crippen molar-refractivity contribution in [1.29, 1.82) is 0 Å². The predicted molar refractivity (Wildman–Crippen MR) is 43.2 cm³/mol. The van der Waals surface area contributed by atoms with Gasteiger partial charge in [-0.3, -0.25) is 4.79 Å². The normalized spacial score (nSPS) is 25.7. The summed E-state index contributed by atoms with van der Waals surface area (Å²) >= 11 is 0. The van der Waals surface area contributed by atoms with E-state index in [1.165, 1.54) is 0 Å². The van der Waals surface area contributed by atoms with Crippen LogP contribution >= 0.6 is 0 Å². The van der Waals surface area contributed by atoms with Crippen LogP contribution in [0.25, 0.3) is 0 Å². The molecule has 0 amide bonds. The summed E-state index contributed by atoms with van der Waals surface area (Å²) in [5.41, 5.74) is -0.683. The second-order valence-corrected chi connectivity index (χ2v) is 3.62. The number of aliphatic hydroxyl groups is 1. The Kier molecular flexibility index (Phi) is 2.14. The zero-order valence-electron chi connectivity index (χ0n) is 7.00. The second-order valence-electron chi connectivity index (χ2n) is 3.62. The molecular weight excluding hydrogens is 140 g/mol. The first-order chi connectivity index (χ1) is 5.00. The largest absolute Gasteiger partial charge is 0.390 e. The van der Waals surface area contributed by atoms with Gasteiger partial charge in [-0.2, -0.15) is 0 Å². The molecule has 0 spiro atoms. The highest BCUT2D eigenvalue weighted by molar-refractivity contribution is 5.90. The fourth-order valence-electron chi connectivity index (χ4n) is 1.29. The van der Waals surface area contributed by atoms with Crippen molar-refractivity contribution in [1.82, 2.24) is 0 Å². The van der Waals surface area contributed by atoms with E-state index >= 15 is 0 Å². The molecule has 62 valence electrons. The molecule has 1 aliphatic rings. The smallest absolute Gasteiger partial charge is 0.155 e. The van der Waals surface area contributed by atoms with Gasteiger partial charge in [0.25, 0.3) is 0 Å². The van der Waals surface area contributed by atoms with Crippen LogP contribution in [0.2, 0.25) is 0 Å². The molecule has 11 heavy (non-hydrogen) atoms.